The number of hydrogen-bond donors (Lipinski definition) is 0. The molecule has 0 aliphatic heterocycles. The smallest absolute Gasteiger partial charge is 0.144 e. The molecular formula is C12H12Cl2N2O2. The Morgan fingerprint density at radius 2 is 1.94 bits per heavy atom. The van der Waals surface area contributed by atoms with E-state index in [2.05, 4.69) is 4.98 Å². The monoisotopic (exact) mass is 286 g/mol. The van der Waals surface area contributed by atoms with E-state index in [1.807, 2.05) is 4.57 Å². The van der Waals surface area contributed by atoms with E-state index in [1.54, 1.807) is 38.9 Å². The van der Waals surface area contributed by atoms with Crippen LogP contribution in [0.3, 0.4) is 0 Å². The van der Waals surface area contributed by atoms with Crippen molar-refractivity contribution in [2.45, 2.75) is 5.88 Å². The van der Waals surface area contributed by atoms with E-state index < -0.39 is 0 Å². The van der Waals surface area contributed by atoms with Crippen LogP contribution in [0.4, 0.5) is 0 Å². The van der Waals surface area contributed by atoms with Gasteiger partial charge in [-0.05, 0) is 0 Å². The van der Waals surface area contributed by atoms with Crippen LogP contribution in [0.5, 0.6) is 11.5 Å². The summed E-state index contributed by atoms with van der Waals surface area (Å²) in [7, 11) is 3.15. The first-order valence-electron chi connectivity index (χ1n) is 5.20. The van der Waals surface area contributed by atoms with E-state index >= 15 is 0 Å². The van der Waals surface area contributed by atoms with Crippen molar-refractivity contribution in [3.63, 3.8) is 0 Å². The van der Waals surface area contributed by atoms with E-state index in [0.717, 1.165) is 11.4 Å². The first-order chi connectivity index (χ1) is 8.71. The third-order valence-corrected chi connectivity index (χ3v) is 3.13. The number of halogens is 2. The minimum absolute atomic E-state index is 0.355. The van der Waals surface area contributed by atoms with Crippen LogP contribution in [0, 0.1) is 0 Å². The molecule has 0 saturated heterocycles. The number of nitrogens with zero attached hydrogens (tertiary/aromatic N) is 2. The minimum Gasteiger partial charge on any atom is -0.495 e. The standard InChI is InChI=1S/C12H12Cl2N2O2/c1-17-11-4-10(12(18-2)3-9(11)14)16-7-15-6-8(16)5-13/h3-4,6-7H,5H2,1-2H3. The average Bonchev–Trinajstić information content (AvgIpc) is 2.86. The summed E-state index contributed by atoms with van der Waals surface area (Å²) in [5.41, 5.74) is 1.64. The molecule has 0 unspecified atom stereocenters. The number of aromatic nitrogens is 2. The third kappa shape index (κ3) is 2.26. The van der Waals surface area contributed by atoms with Gasteiger partial charge >= 0.3 is 0 Å². The number of methoxy groups -OCH3 is 2. The van der Waals surface area contributed by atoms with Crippen molar-refractivity contribution in [3.8, 4) is 17.2 Å². The Kier molecular flexibility index (Phi) is 3.99. The van der Waals surface area contributed by atoms with E-state index in [-0.39, 0.29) is 0 Å². The molecule has 96 valence electrons. The SMILES string of the molecule is COc1cc(-n2cncc2CCl)c(OC)cc1Cl. The average molecular weight is 287 g/mol. The van der Waals surface area contributed by atoms with Gasteiger partial charge in [0, 0.05) is 18.3 Å². The number of alkyl halides is 1. The molecular weight excluding hydrogens is 275 g/mol. The van der Waals surface area contributed by atoms with E-state index in [1.165, 1.54) is 0 Å². The molecule has 1 aromatic carbocycles. The number of ether oxygens (including phenoxy) is 2. The lowest BCUT2D eigenvalue weighted by Gasteiger charge is -2.14. The lowest BCUT2D eigenvalue weighted by Crippen LogP contribution is -2.01. The van der Waals surface area contributed by atoms with Gasteiger partial charge in [-0.1, -0.05) is 11.6 Å². The highest BCUT2D eigenvalue weighted by atomic mass is 35.5. The zero-order valence-corrected chi connectivity index (χ0v) is 11.5. The molecule has 0 N–H and O–H groups in total. The molecule has 18 heavy (non-hydrogen) atoms. The van der Waals surface area contributed by atoms with Crippen LogP contribution in [0.2, 0.25) is 5.02 Å². The Bertz CT molecular complexity index is 555. The molecule has 0 saturated carbocycles. The van der Waals surface area contributed by atoms with Crippen LogP contribution in [0.25, 0.3) is 5.69 Å². The Morgan fingerprint density at radius 3 is 2.56 bits per heavy atom. The second-order valence-electron chi connectivity index (χ2n) is 3.55. The van der Waals surface area contributed by atoms with E-state index in [9.17, 15) is 0 Å². The predicted molar refractivity (Wildman–Crippen MR) is 71.2 cm³/mol. The van der Waals surface area contributed by atoms with Crippen LogP contribution in [0.15, 0.2) is 24.7 Å². The highest BCUT2D eigenvalue weighted by Crippen LogP contribution is 2.35. The molecule has 0 radical (unpaired) electrons. The van der Waals surface area contributed by atoms with Gasteiger partial charge in [-0.2, -0.15) is 0 Å². The number of benzene rings is 1. The Morgan fingerprint density at radius 1 is 1.22 bits per heavy atom. The fraction of sp³-hybridized carbons (Fsp3) is 0.250. The van der Waals surface area contributed by atoms with Crippen molar-refractivity contribution in [1.82, 2.24) is 9.55 Å². The Hall–Kier alpha value is -1.39. The van der Waals surface area contributed by atoms with Gasteiger partial charge in [-0.3, -0.25) is 4.57 Å². The molecule has 0 spiro atoms. The molecule has 0 aliphatic carbocycles. The second kappa shape index (κ2) is 5.50. The van der Waals surface area contributed by atoms with E-state index in [4.69, 9.17) is 32.7 Å². The van der Waals surface area contributed by atoms with Gasteiger partial charge in [0.05, 0.1) is 42.8 Å². The molecule has 4 nitrogen and oxygen atoms in total. The summed E-state index contributed by atoms with van der Waals surface area (Å²) in [6.07, 6.45) is 3.37. The molecule has 0 bridgehead atoms. The first kappa shape index (κ1) is 13.1. The fourth-order valence-electron chi connectivity index (χ4n) is 1.67. The largest absolute Gasteiger partial charge is 0.495 e. The minimum atomic E-state index is 0.355. The molecule has 1 heterocycles. The van der Waals surface area contributed by atoms with Crippen LogP contribution < -0.4 is 9.47 Å². The zero-order valence-electron chi connectivity index (χ0n) is 9.98. The predicted octanol–water partition coefficient (Wildman–Crippen LogP) is 3.28. The van der Waals surface area contributed by atoms with Gasteiger partial charge in [0.2, 0.25) is 0 Å². The van der Waals surface area contributed by atoms with Gasteiger partial charge in [0.15, 0.2) is 0 Å². The highest BCUT2D eigenvalue weighted by Gasteiger charge is 2.13. The van der Waals surface area contributed by atoms with E-state index in [0.29, 0.717) is 22.4 Å². The maximum atomic E-state index is 6.06. The van der Waals surface area contributed by atoms with Crippen molar-refractivity contribution in [2.75, 3.05) is 14.2 Å². The van der Waals surface area contributed by atoms with Crippen LogP contribution >= 0.6 is 23.2 Å². The first-order valence-corrected chi connectivity index (χ1v) is 6.11. The summed E-state index contributed by atoms with van der Waals surface area (Å²) in [6.45, 7) is 0. The Labute approximate surface area is 115 Å². The Balaban J connectivity index is 2.62. The van der Waals surface area contributed by atoms with Gasteiger partial charge < -0.3 is 9.47 Å². The van der Waals surface area contributed by atoms with Crippen LogP contribution in [-0.2, 0) is 5.88 Å². The molecule has 0 fully saturated rings. The van der Waals surface area contributed by atoms with Gasteiger partial charge in [-0.25, -0.2) is 4.98 Å². The van der Waals surface area contributed by atoms with Gasteiger partial charge in [-0.15, -0.1) is 11.6 Å². The van der Waals surface area contributed by atoms with Gasteiger partial charge in [0.1, 0.15) is 11.5 Å². The molecule has 0 aliphatic rings. The summed E-state index contributed by atoms with van der Waals surface area (Å²) < 4.78 is 12.4. The van der Waals surface area contributed by atoms with Crippen molar-refractivity contribution < 1.29 is 9.47 Å². The summed E-state index contributed by atoms with van der Waals surface area (Å²) in [5.74, 6) is 1.56. The second-order valence-corrected chi connectivity index (χ2v) is 4.22. The normalized spacial score (nSPS) is 10.4. The van der Waals surface area contributed by atoms with Crippen molar-refractivity contribution in [3.05, 3.63) is 35.4 Å². The number of imidazole rings is 1. The third-order valence-electron chi connectivity index (χ3n) is 2.56. The molecule has 6 heteroatoms. The molecule has 0 amide bonds. The highest BCUT2D eigenvalue weighted by molar-refractivity contribution is 6.32. The maximum absolute atomic E-state index is 6.06. The van der Waals surface area contributed by atoms with Gasteiger partial charge in [0.25, 0.3) is 0 Å². The molecule has 2 aromatic rings. The lowest BCUT2D eigenvalue weighted by molar-refractivity contribution is 0.401. The van der Waals surface area contributed by atoms with Crippen molar-refractivity contribution in [2.24, 2.45) is 0 Å². The lowest BCUT2D eigenvalue weighted by atomic mass is 10.2. The molecule has 2 rings (SSSR count). The topological polar surface area (TPSA) is 36.3 Å². The molecule has 0 atom stereocenters. The summed E-state index contributed by atoms with van der Waals surface area (Å²) in [4.78, 5) is 4.07. The summed E-state index contributed by atoms with van der Waals surface area (Å²) in [6, 6.07) is 3.49. The molecule has 1 aromatic heterocycles. The van der Waals surface area contributed by atoms with Crippen LogP contribution in [-0.4, -0.2) is 23.8 Å². The summed E-state index contributed by atoms with van der Waals surface area (Å²) >= 11 is 11.9. The quantitative estimate of drug-likeness (QED) is 0.810. The zero-order chi connectivity index (χ0) is 13.1. The van der Waals surface area contributed by atoms with Crippen molar-refractivity contribution >= 4 is 23.2 Å². The number of hydrogen-bond acceptors (Lipinski definition) is 3. The fourth-order valence-corrected chi connectivity index (χ4v) is 2.10. The summed E-state index contributed by atoms with van der Waals surface area (Å²) in [5, 5.41) is 0.491. The number of rotatable bonds is 4. The van der Waals surface area contributed by atoms with Crippen LogP contribution in [0.1, 0.15) is 5.69 Å². The van der Waals surface area contributed by atoms with Crippen molar-refractivity contribution in [1.29, 1.82) is 0 Å². The maximum Gasteiger partial charge on any atom is 0.144 e.